The van der Waals surface area contributed by atoms with Crippen molar-refractivity contribution in [3.05, 3.63) is 36.0 Å². The Morgan fingerprint density at radius 1 is 1.32 bits per heavy atom. The molecule has 1 aliphatic heterocycles. The van der Waals surface area contributed by atoms with E-state index in [1.54, 1.807) is 6.26 Å². The van der Waals surface area contributed by atoms with E-state index in [0.717, 1.165) is 64.0 Å². The molecular formula is C17H27N7O. The highest BCUT2D eigenvalue weighted by Gasteiger charge is 2.20. The van der Waals surface area contributed by atoms with Gasteiger partial charge in [0.25, 0.3) is 0 Å². The van der Waals surface area contributed by atoms with Crippen molar-refractivity contribution in [1.29, 1.82) is 0 Å². The molecule has 0 aliphatic carbocycles. The number of guanidine groups is 1. The summed E-state index contributed by atoms with van der Waals surface area (Å²) >= 11 is 0. The number of nitrogens with zero attached hydrogens (tertiary/aromatic N) is 6. The molecule has 0 aromatic carbocycles. The molecule has 2 aromatic rings. The smallest absolute Gasteiger partial charge is 0.194 e. The van der Waals surface area contributed by atoms with Gasteiger partial charge in [0.15, 0.2) is 5.96 Å². The van der Waals surface area contributed by atoms with Crippen LogP contribution in [0.1, 0.15) is 18.2 Å². The summed E-state index contributed by atoms with van der Waals surface area (Å²) in [6, 6.07) is 1.93. The van der Waals surface area contributed by atoms with E-state index in [4.69, 9.17) is 9.52 Å². The van der Waals surface area contributed by atoms with Gasteiger partial charge in [0.05, 0.1) is 25.0 Å². The summed E-state index contributed by atoms with van der Waals surface area (Å²) in [4.78, 5) is 9.49. The number of aromatic nitrogens is 3. The molecule has 0 spiro atoms. The predicted octanol–water partition coefficient (Wildman–Crippen LogP) is 0.963. The maximum atomic E-state index is 4.91. The van der Waals surface area contributed by atoms with Crippen molar-refractivity contribution in [2.24, 2.45) is 4.99 Å². The monoisotopic (exact) mass is 345 g/mol. The highest BCUT2D eigenvalue weighted by Crippen LogP contribution is 2.07. The normalized spacial score (nSPS) is 16.4. The van der Waals surface area contributed by atoms with Gasteiger partial charge in [0, 0.05) is 51.5 Å². The minimum atomic E-state index is 0.725. The summed E-state index contributed by atoms with van der Waals surface area (Å²) in [6.07, 6.45) is 5.55. The van der Waals surface area contributed by atoms with E-state index in [1.165, 1.54) is 5.56 Å². The fraction of sp³-hybridized carbons (Fsp3) is 0.588. The maximum absolute atomic E-state index is 4.91. The minimum absolute atomic E-state index is 0.725. The highest BCUT2D eigenvalue weighted by atomic mass is 16.5. The first-order chi connectivity index (χ1) is 12.2. The van der Waals surface area contributed by atoms with Crippen LogP contribution in [-0.2, 0) is 13.1 Å². The van der Waals surface area contributed by atoms with Crippen LogP contribution in [0.15, 0.2) is 34.2 Å². The van der Waals surface area contributed by atoms with Gasteiger partial charge in [0.2, 0.25) is 0 Å². The molecule has 0 atom stereocenters. The minimum Gasteiger partial charge on any atom is -0.364 e. The van der Waals surface area contributed by atoms with Crippen LogP contribution in [0.2, 0.25) is 0 Å². The Labute approximate surface area is 148 Å². The van der Waals surface area contributed by atoms with Crippen molar-refractivity contribution in [2.45, 2.75) is 26.9 Å². The standard InChI is InChI=1S/C17H27N7O/c1-3-18-17(19-5-6-24-13-15(2)12-20-24)23-9-7-22(8-10-23)14-16-4-11-25-21-16/h4,11-13H,3,5-10,14H2,1-2H3,(H,18,19). The van der Waals surface area contributed by atoms with Crippen LogP contribution in [-0.4, -0.2) is 70.0 Å². The van der Waals surface area contributed by atoms with E-state index in [-0.39, 0.29) is 0 Å². The van der Waals surface area contributed by atoms with Crippen molar-refractivity contribution >= 4 is 5.96 Å². The van der Waals surface area contributed by atoms with Gasteiger partial charge in [0.1, 0.15) is 6.26 Å². The Bertz CT molecular complexity index is 656. The van der Waals surface area contributed by atoms with Crippen molar-refractivity contribution in [1.82, 2.24) is 30.1 Å². The third-order valence-corrected chi connectivity index (χ3v) is 4.24. The predicted molar refractivity (Wildman–Crippen MR) is 96.3 cm³/mol. The largest absolute Gasteiger partial charge is 0.364 e. The lowest BCUT2D eigenvalue weighted by atomic mass is 10.3. The molecule has 1 saturated heterocycles. The molecule has 8 nitrogen and oxygen atoms in total. The van der Waals surface area contributed by atoms with E-state index < -0.39 is 0 Å². The molecule has 0 saturated carbocycles. The Balaban J connectivity index is 1.49. The number of hydrogen-bond acceptors (Lipinski definition) is 5. The lowest BCUT2D eigenvalue weighted by Crippen LogP contribution is -2.52. The highest BCUT2D eigenvalue weighted by molar-refractivity contribution is 5.80. The summed E-state index contributed by atoms with van der Waals surface area (Å²) in [7, 11) is 0. The van der Waals surface area contributed by atoms with Crippen molar-refractivity contribution in [3.8, 4) is 0 Å². The maximum Gasteiger partial charge on any atom is 0.194 e. The van der Waals surface area contributed by atoms with Crippen molar-refractivity contribution in [3.63, 3.8) is 0 Å². The first-order valence-electron chi connectivity index (χ1n) is 8.88. The Morgan fingerprint density at radius 2 is 2.16 bits per heavy atom. The van der Waals surface area contributed by atoms with E-state index >= 15 is 0 Å². The fourth-order valence-electron chi connectivity index (χ4n) is 2.94. The van der Waals surface area contributed by atoms with E-state index in [0.29, 0.717) is 0 Å². The van der Waals surface area contributed by atoms with Crippen LogP contribution < -0.4 is 5.32 Å². The molecule has 0 amide bonds. The number of aliphatic imine (C=N–C) groups is 1. The summed E-state index contributed by atoms with van der Waals surface area (Å²) in [5.74, 6) is 0.993. The Hall–Kier alpha value is -2.35. The second-order valence-electron chi connectivity index (χ2n) is 6.27. The zero-order valence-corrected chi connectivity index (χ0v) is 15.1. The summed E-state index contributed by atoms with van der Waals surface area (Å²) in [5.41, 5.74) is 2.17. The third-order valence-electron chi connectivity index (χ3n) is 4.24. The molecule has 1 fully saturated rings. The lowest BCUT2D eigenvalue weighted by molar-refractivity contribution is 0.169. The van der Waals surface area contributed by atoms with Crippen molar-refractivity contribution in [2.75, 3.05) is 39.3 Å². The summed E-state index contributed by atoms with van der Waals surface area (Å²) < 4.78 is 6.85. The van der Waals surface area contributed by atoms with E-state index in [1.807, 2.05) is 23.1 Å². The van der Waals surface area contributed by atoms with E-state index in [2.05, 4.69) is 39.2 Å². The van der Waals surface area contributed by atoms with Gasteiger partial charge in [-0.3, -0.25) is 14.6 Å². The molecule has 2 aromatic heterocycles. The lowest BCUT2D eigenvalue weighted by Gasteiger charge is -2.36. The second-order valence-corrected chi connectivity index (χ2v) is 6.27. The molecule has 0 unspecified atom stereocenters. The molecule has 136 valence electrons. The second kappa shape index (κ2) is 8.66. The summed E-state index contributed by atoms with van der Waals surface area (Å²) in [6.45, 7) is 11.3. The molecule has 0 radical (unpaired) electrons. The number of piperazine rings is 1. The van der Waals surface area contributed by atoms with E-state index in [9.17, 15) is 0 Å². The molecule has 1 aliphatic rings. The number of nitrogens with one attached hydrogen (secondary N) is 1. The van der Waals surface area contributed by atoms with Crippen LogP contribution in [0.3, 0.4) is 0 Å². The van der Waals surface area contributed by atoms with Gasteiger partial charge in [-0.25, -0.2) is 0 Å². The van der Waals surface area contributed by atoms with Gasteiger partial charge in [-0.15, -0.1) is 0 Å². The van der Waals surface area contributed by atoms with Crippen LogP contribution in [0.4, 0.5) is 0 Å². The SMILES string of the molecule is CCNC(=NCCn1cc(C)cn1)N1CCN(Cc2ccon2)CC1. The number of rotatable bonds is 6. The van der Waals surface area contributed by atoms with Gasteiger partial charge in [-0.2, -0.15) is 5.10 Å². The van der Waals surface area contributed by atoms with Gasteiger partial charge in [-0.1, -0.05) is 5.16 Å². The van der Waals surface area contributed by atoms with Crippen LogP contribution in [0, 0.1) is 6.92 Å². The number of aryl methyl sites for hydroxylation is 1. The topological polar surface area (TPSA) is 74.7 Å². The zero-order chi connectivity index (χ0) is 17.5. The average Bonchev–Trinajstić information content (AvgIpc) is 3.27. The number of hydrogen-bond donors (Lipinski definition) is 1. The molecule has 3 rings (SSSR count). The first-order valence-corrected chi connectivity index (χ1v) is 8.88. The van der Waals surface area contributed by atoms with Gasteiger partial charge in [-0.05, 0) is 19.4 Å². The van der Waals surface area contributed by atoms with Gasteiger partial charge >= 0.3 is 0 Å². The van der Waals surface area contributed by atoms with Gasteiger partial charge < -0.3 is 14.7 Å². The fourth-order valence-corrected chi connectivity index (χ4v) is 2.94. The first kappa shape index (κ1) is 17.5. The quantitative estimate of drug-likeness (QED) is 0.621. The molecular weight excluding hydrogens is 318 g/mol. The third kappa shape index (κ3) is 5.06. The molecule has 0 bridgehead atoms. The van der Waals surface area contributed by atoms with Crippen molar-refractivity contribution < 1.29 is 4.52 Å². The van der Waals surface area contributed by atoms with Crippen LogP contribution in [0.25, 0.3) is 0 Å². The average molecular weight is 345 g/mol. The zero-order valence-electron chi connectivity index (χ0n) is 15.1. The van der Waals surface area contributed by atoms with Crippen LogP contribution >= 0.6 is 0 Å². The molecule has 25 heavy (non-hydrogen) atoms. The summed E-state index contributed by atoms with van der Waals surface area (Å²) in [5, 5.41) is 11.7. The Kier molecular flexibility index (Phi) is 6.05. The molecule has 3 heterocycles. The Morgan fingerprint density at radius 3 is 2.80 bits per heavy atom. The molecule has 1 N–H and O–H groups in total. The van der Waals surface area contributed by atoms with Crippen LogP contribution in [0.5, 0.6) is 0 Å². The molecule has 8 heteroatoms.